The molecule has 3 aromatic rings. The summed E-state index contributed by atoms with van der Waals surface area (Å²) in [7, 11) is 0. The molecule has 0 saturated carbocycles. The first-order chi connectivity index (χ1) is 11.9. The Morgan fingerprint density at radius 3 is 2.72 bits per heavy atom. The van der Waals surface area contributed by atoms with Gasteiger partial charge in [0.25, 0.3) is 5.91 Å². The topological polar surface area (TPSA) is 68.5 Å². The van der Waals surface area contributed by atoms with Crippen LogP contribution in [-0.4, -0.2) is 12.0 Å². The standard InChI is InChI=1S/C19H16ClNO4/c1-11-3-6-14(20)9-16(11)21-19(23)12(2)24-15-7-4-13-5-8-18(22)25-17(13)10-15/h3-10,12H,1-2H3,(H,21,23)/t12-/m0/s1. The number of fused-ring (bicyclic) bond motifs is 1. The van der Waals surface area contributed by atoms with Crippen molar-refractivity contribution in [3.8, 4) is 5.75 Å². The van der Waals surface area contributed by atoms with Crippen LogP contribution in [0.3, 0.4) is 0 Å². The zero-order valence-corrected chi connectivity index (χ0v) is 14.5. The van der Waals surface area contributed by atoms with Crippen LogP contribution in [-0.2, 0) is 4.79 Å². The number of carbonyl (C=O) groups is 1. The second kappa shape index (κ2) is 6.99. The van der Waals surface area contributed by atoms with Gasteiger partial charge in [-0.25, -0.2) is 4.79 Å². The zero-order chi connectivity index (χ0) is 18.0. The third kappa shape index (κ3) is 4.00. The summed E-state index contributed by atoms with van der Waals surface area (Å²) in [5, 5.41) is 4.11. The molecule has 6 heteroatoms. The predicted octanol–water partition coefficient (Wildman–Crippen LogP) is 4.16. The van der Waals surface area contributed by atoms with Gasteiger partial charge in [0.2, 0.25) is 0 Å². The van der Waals surface area contributed by atoms with Gasteiger partial charge in [-0.15, -0.1) is 0 Å². The molecule has 25 heavy (non-hydrogen) atoms. The van der Waals surface area contributed by atoms with Gasteiger partial charge in [0, 0.05) is 28.2 Å². The van der Waals surface area contributed by atoms with E-state index in [2.05, 4.69) is 5.32 Å². The first-order valence-corrected chi connectivity index (χ1v) is 8.08. The number of amides is 1. The molecule has 0 fully saturated rings. The number of benzene rings is 2. The van der Waals surface area contributed by atoms with Crippen molar-refractivity contribution in [3.63, 3.8) is 0 Å². The van der Waals surface area contributed by atoms with Crippen molar-refractivity contribution in [2.75, 3.05) is 5.32 Å². The number of nitrogens with one attached hydrogen (secondary N) is 1. The lowest BCUT2D eigenvalue weighted by atomic mass is 10.2. The van der Waals surface area contributed by atoms with Gasteiger partial charge in [-0.1, -0.05) is 17.7 Å². The zero-order valence-electron chi connectivity index (χ0n) is 13.7. The van der Waals surface area contributed by atoms with Gasteiger partial charge in [0.1, 0.15) is 11.3 Å². The Balaban J connectivity index is 1.75. The summed E-state index contributed by atoms with van der Waals surface area (Å²) >= 11 is 5.96. The fraction of sp³-hybridized carbons (Fsp3) is 0.158. The number of halogens is 1. The normalized spacial score (nSPS) is 12.0. The van der Waals surface area contributed by atoms with E-state index in [1.807, 2.05) is 13.0 Å². The number of aryl methyl sites for hydroxylation is 1. The van der Waals surface area contributed by atoms with E-state index in [-0.39, 0.29) is 5.91 Å². The summed E-state index contributed by atoms with van der Waals surface area (Å²) in [5.41, 5.74) is 1.50. The molecule has 0 aliphatic carbocycles. The van der Waals surface area contributed by atoms with Gasteiger partial charge in [-0.05, 0) is 49.7 Å². The number of hydrogen-bond donors (Lipinski definition) is 1. The maximum absolute atomic E-state index is 12.3. The van der Waals surface area contributed by atoms with Gasteiger partial charge in [0.15, 0.2) is 6.10 Å². The van der Waals surface area contributed by atoms with Gasteiger partial charge in [-0.2, -0.15) is 0 Å². The lowest BCUT2D eigenvalue weighted by molar-refractivity contribution is -0.122. The Labute approximate surface area is 149 Å². The fourth-order valence-electron chi connectivity index (χ4n) is 2.34. The van der Waals surface area contributed by atoms with Crippen LogP contribution in [0.15, 0.2) is 57.7 Å². The van der Waals surface area contributed by atoms with E-state index in [1.54, 1.807) is 43.3 Å². The number of anilines is 1. The van der Waals surface area contributed by atoms with Crippen LogP contribution in [0.5, 0.6) is 5.75 Å². The summed E-state index contributed by atoms with van der Waals surface area (Å²) in [6, 6.07) is 13.4. The maximum Gasteiger partial charge on any atom is 0.336 e. The Bertz CT molecular complexity index is 996. The summed E-state index contributed by atoms with van der Waals surface area (Å²) in [5.74, 6) is 0.132. The molecule has 2 aromatic carbocycles. The molecule has 5 nitrogen and oxygen atoms in total. The molecular formula is C19H16ClNO4. The van der Waals surface area contributed by atoms with Gasteiger partial charge < -0.3 is 14.5 Å². The van der Waals surface area contributed by atoms with E-state index in [1.165, 1.54) is 6.07 Å². The minimum Gasteiger partial charge on any atom is -0.481 e. The number of ether oxygens (including phenoxy) is 1. The van der Waals surface area contributed by atoms with Crippen LogP contribution in [0.25, 0.3) is 11.0 Å². The van der Waals surface area contributed by atoms with Gasteiger partial charge in [0.05, 0.1) is 0 Å². The van der Waals surface area contributed by atoms with E-state index >= 15 is 0 Å². The summed E-state index contributed by atoms with van der Waals surface area (Å²) in [6.07, 6.45) is -0.744. The lowest BCUT2D eigenvalue weighted by Crippen LogP contribution is -2.30. The molecule has 1 amide bonds. The number of hydrogen-bond acceptors (Lipinski definition) is 4. The number of rotatable bonds is 4. The summed E-state index contributed by atoms with van der Waals surface area (Å²) < 4.78 is 10.8. The van der Waals surface area contributed by atoms with E-state index in [4.69, 9.17) is 20.8 Å². The third-order valence-corrected chi connectivity index (χ3v) is 3.97. The molecule has 0 bridgehead atoms. The minimum absolute atomic E-state index is 0.306. The SMILES string of the molecule is Cc1ccc(Cl)cc1NC(=O)[C@H](C)Oc1ccc2ccc(=O)oc2c1. The van der Waals surface area contributed by atoms with Crippen molar-refractivity contribution in [2.24, 2.45) is 0 Å². The summed E-state index contributed by atoms with van der Waals surface area (Å²) in [6.45, 7) is 3.52. The van der Waals surface area contributed by atoms with Crippen LogP contribution in [0.1, 0.15) is 12.5 Å². The predicted molar refractivity (Wildman–Crippen MR) is 97.4 cm³/mol. The Morgan fingerprint density at radius 1 is 1.16 bits per heavy atom. The molecule has 3 rings (SSSR count). The molecule has 0 spiro atoms. The second-order valence-electron chi connectivity index (χ2n) is 5.66. The Hall–Kier alpha value is -2.79. The molecule has 0 saturated heterocycles. The monoisotopic (exact) mass is 357 g/mol. The van der Waals surface area contributed by atoms with E-state index < -0.39 is 11.7 Å². The van der Waals surface area contributed by atoms with Crippen LogP contribution >= 0.6 is 11.6 Å². The highest BCUT2D eigenvalue weighted by Gasteiger charge is 2.16. The van der Waals surface area contributed by atoms with E-state index in [9.17, 15) is 9.59 Å². The first kappa shape index (κ1) is 17.0. The molecule has 0 aliphatic heterocycles. The van der Waals surface area contributed by atoms with Crippen LogP contribution in [0.2, 0.25) is 5.02 Å². The van der Waals surface area contributed by atoms with Crippen LogP contribution in [0, 0.1) is 6.92 Å². The molecule has 0 aliphatic rings. The average Bonchev–Trinajstić information content (AvgIpc) is 2.57. The molecular weight excluding hydrogens is 342 g/mol. The molecule has 1 heterocycles. The fourth-order valence-corrected chi connectivity index (χ4v) is 2.51. The van der Waals surface area contributed by atoms with Crippen LogP contribution < -0.4 is 15.7 Å². The van der Waals surface area contributed by atoms with Crippen molar-refractivity contribution in [1.29, 1.82) is 0 Å². The first-order valence-electron chi connectivity index (χ1n) is 7.70. The van der Waals surface area contributed by atoms with Crippen molar-refractivity contribution in [3.05, 3.63) is 69.5 Å². The van der Waals surface area contributed by atoms with E-state index in [0.29, 0.717) is 22.0 Å². The van der Waals surface area contributed by atoms with Gasteiger partial charge in [-0.3, -0.25) is 4.79 Å². The smallest absolute Gasteiger partial charge is 0.336 e. The summed E-state index contributed by atoms with van der Waals surface area (Å²) in [4.78, 5) is 23.7. The van der Waals surface area contributed by atoms with Crippen LogP contribution in [0.4, 0.5) is 5.69 Å². The average molecular weight is 358 g/mol. The third-order valence-electron chi connectivity index (χ3n) is 3.73. The van der Waals surface area contributed by atoms with E-state index in [0.717, 1.165) is 10.9 Å². The largest absolute Gasteiger partial charge is 0.481 e. The van der Waals surface area contributed by atoms with Crippen molar-refractivity contribution >= 4 is 34.2 Å². The lowest BCUT2D eigenvalue weighted by Gasteiger charge is -2.16. The molecule has 0 radical (unpaired) electrons. The van der Waals surface area contributed by atoms with Crippen molar-refractivity contribution < 1.29 is 13.9 Å². The van der Waals surface area contributed by atoms with Crippen molar-refractivity contribution in [1.82, 2.24) is 0 Å². The molecule has 1 aromatic heterocycles. The molecule has 0 unspecified atom stereocenters. The quantitative estimate of drug-likeness (QED) is 0.712. The second-order valence-corrected chi connectivity index (χ2v) is 6.10. The highest BCUT2D eigenvalue weighted by atomic mass is 35.5. The molecule has 1 atom stereocenters. The van der Waals surface area contributed by atoms with Crippen molar-refractivity contribution in [2.45, 2.75) is 20.0 Å². The maximum atomic E-state index is 12.3. The Kier molecular flexibility index (Phi) is 4.76. The highest BCUT2D eigenvalue weighted by Crippen LogP contribution is 2.22. The number of carbonyl (C=O) groups excluding carboxylic acids is 1. The Morgan fingerprint density at radius 2 is 1.92 bits per heavy atom. The highest BCUT2D eigenvalue weighted by molar-refractivity contribution is 6.31. The minimum atomic E-state index is -0.744. The van der Waals surface area contributed by atoms with Gasteiger partial charge >= 0.3 is 5.63 Å². The molecule has 1 N–H and O–H groups in total. The molecule has 128 valence electrons.